The van der Waals surface area contributed by atoms with E-state index in [1.54, 1.807) is 18.2 Å². The Balaban J connectivity index is 1.28. The summed E-state index contributed by atoms with van der Waals surface area (Å²) in [4.78, 5) is 38.1. The molecule has 0 aromatic heterocycles. The topological polar surface area (TPSA) is 66.5 Å². The maximum Gasteiger partial charge on any atom is 0.293 e. The summed E-state index contributed by atoms with van der Waals surface area (Å²) in [6, 6.07) is 6.10. The molecule has 1 aromatic carbocycles. The molecule has 0 unspecified atom stereocenters. The normalized spacial score (nSPS) is 27.8. The number of amides is 3. The first-order chi connectivity index (χ1) is 13.5. The smallest absolute Gasteiger partial charge is 0.293 e. The molecule has 3 aliphatic rings. The van der Waals surface area contributed by atoms with Gasteiger partial charge in [-0.2, -0.15) is 0 Å². The van der Waals surface area contributed by atoms with Crippen molar-refractivity contribution in [2.75, 3.05) is 13.1 Å². The van der Waals surface area contributed by atoms with Crippen molar-refractivity contribution in [1.29, 1.82) is 0 Å². The average molecular weight is 402 g/mol. The van der Waals surface area contributed by atoms with Gasteiger partial charge < -0.3 is 5.32 Å². The quantitative estimate of drug-likeness (QED) is 0.735. The number of carbonyl (C=O) groups excluding carboxylic acids is 3. The minimum Gasteiger partial charge on any atom is -0.354 e. The fraction of sp³-hybridized carbons (Fsp3) is 0.476. The SMILES string of the molecule is O=C(C[C@H]1C[C@H]2CC[C@H]1C2)NCCN1C(=O)S/C(=C\c2ccccc2F)C1=O. The molecule has 2 saturated carbocycles. The highest BCUT2D eigenvalue weighted by molar-refractivity contribution is 8.18. The third kappa shape index (κ3) is 3.99. The fourth-order valence-corrected chi connectivity index (χ4v) is 5.53. The Morgan fingerprint density at radius 2 is 2.07 bits per heavy atom. The predicted molar refractivity (Wildman–Crippen MR) is 106 cm³/mol. The molecule has 3 amide bonds. The van der Waals surface area contributed by atoms with Gasteiger partial charge in [0.15, 0.2) is 0 Å². The van der Waals surface area contributed by atoms with E-state index < -0.39 is 17.0 Å². The zero-order valence-electron chi connectivity index (χ0n) is 15.5. The van der Waals surface area contributed by atoms with Crippen LogP contribution in [-0.4, -0.2) is 35.0 Å². The van der Waals surface area contributed by atoms with Crippen molar-refractivity contribution in [3.05, 3.63) is 40.6 Å². The van der Waals surface area contributed by atoms with E-state index in [1.165, 1.54) is 31.4 Å². The second-order valence-electron chi connectivity index (χ2n) is 7.84. The zero-order chi connectivity index (χ0) is 19.7. The lowest BCUT2D eigenvalue weighted by atomic mass is 9.86. The minimum absolute atomic E-state index is 0.00794. The molecule has 0 radical (unpaired) electrons. The van der Waals surface area contributed by atoms with Gasteiger partial charge in [-0.3, -0.25) is 19.3 Å². The van der Waals surface area contributed by atoms with Gasteiger partial charge in [-0.05, 0) is 60.9 Å². The number of fused-ring (bicyclic) bond motifs is 2. The van der Waals surface area contributed by atoms with Gasteiger partial charge in [0.2, 0.25) is 5.91 Å². The number of imide groups is 1. The summed E-state index contributed by atoms with van der Waals surface area (Å²) in [6.07, 6.45) is 6.91. The van der Waals surface area contributed by atoms with Crippen molar-refractivity contribution < 1.29 is 18.8 Å². The Bertz CT molecular complexity index is 841. The van der Waals surface area contributed by atoms with Crippen molar-refractivity contribution in [2.45, 2.75) is 32.1 Å². The van der Waals surface area contributed by atoms with Gasteiger partial charge in [-0.1, -0.05) is 24.6 Å². The Hall–Kier alpha value is -2.15. The van der Waals surface area contributed by atoms with E-state index in [1.807, 2.05) is 0 Å². The summed E-state index contributed by atoms with van der Waals surface area (Å²) < 4.78 is 13.8. The van der Waals surface area contributed by atoms with Crippen LogP contribution in [0.3, 0.4) is 0 Å². The Kier molecular flexibility index (Phi) is 5.53. The Labute approximate surface area is 167 Å². The van der Waals surface area contributed by atoms with Gasteiger partial charge >= 0.3 is 0 Å². The van der Waals surface area contributed by atoms with Crippen LogP contribution >= 0.6 is 11.8 Å². The first-order valence-electron chi connectivity index (χ1n) is 9.78. The number of hydrogen-bond acceptors (Lipinski definition) is 4. The second kappa shape index (κ2) is 8.07. The largest absolute Gasteiger partial charge is 0.354 e. The third-order valence-electron chi connectivity index (χ3n) is 6.06. The first kappa shape index (κ1) is 19.2. The number of carbonyl (C=O) groups is 3. The Morgan fingerprint density at radius 1 is 1.25 bits per heavy atom. The number of rotatable bonds is 6. The van der Waals surface area contributed by atoms with E-state index in [0.717, 1.165) is 29.0 Å². The van der Waals surface area contributed by atoms with Gasteiger partial charge in [0.05, 0.1) is 4.91 Å². The maximum absolute atomic E-state index is 13.8. The van der Waals surface area contributed by atoms with Crippen molar-refractivity contribution in [2.24, 2.45) is 17.8 Å². The molecule has 7 heteroatoms. The molecule has 2 bridgehead atoms. The summed E-state index contributed by atoms with van der Waals surface area (Å²) in [7, 11) is 0. The number of halogens is 1. The van der Waals surface area contributed by atoms with Gasteiger partial charge in [0, 0.05) is 25.1 Å². The minimum atomic E-state index is -0.444. The highest BCUT2D eigenvalue weighted by Crippen LogP contribution is 2.49. The summed E-state index contributed by atoms with van der Waals surface area (Å²) in [5, 5.41) is 2.44. The van der Waals surface area contributed by atoms with Crippen LogP contribution in [0.5, 0.6) is 0 Å². The lowest BCUT2D eigenvalue weighted by Crippen LogP contribution is -2.38. The fourth-order valence-electron chi connectivity index (χ4n) is 4.67. The third-order valence-corrected chi connectivity index (χ3v) is 6.96. The lowest BCUT2D eigenvalue weighted by Gasteiger charge is -2.21. The summed E-state index contributed by atoms with van der Waals surface area (Å²) >= 11 is 0.798. The number of nitrogens with zero attached hydrogens (tertiary/aromatic N) is 1. The van der Waals surface area contributed by atoms with Gasteiger partial charge in [-0.25, -0.2) is 4.39 Å². The molecule has 1 saturated heterocycles. The second-order valence-corrected chi connectivity index (χ2v) is 8.84. The van der Waals surface area contributed by atoms with Crippen molar-refractivity contribution in [1.82, 2.24) is 10.2 Å². The van der Waals surface area contributed by atoms with Crippen LogP contribution in [0.1, 0.15) is 37.7 Å². The molecule has 28 heavy (non-hydrogen) atoms. The number of benzene rings is 1. The van der Waals surface area contributed by atoms with Gasteiger partial charge in [0.25, 0.3) is 11.1 Å². The van der Waals surface area contributed by atoms with Crippen LogP contribution in [0.25, 0.3) is 6.08 Å². The zero-order valence-corrected chi connectivity index (χ0v) is 16.3. The average Bonchev–Trinajstić information content (AvgIpc) is 3.34. The van der Waals surface area contributed by atoms with E-state index >= 15 is 0 Å². The molecule has 1 aliphatic heterocycles. The van der Waals surface area contributed by atoms with Crippen LogP contribution in [0, 0.1) is 23.6 Å². The molecule has 0 spiro atoms. The van der Waals surface area contributed by atoms with E-state index in [2.05, 4.69) is 5.32 Å². The molecule has 1 aromatic rings. The molecular weight excluding hydrogens is 379 g/mol. The van der Waals surface area contributed by atoms with Crippen molar-refractivity contribution in [3.63, 3.8) is 0 Å². The van der Waals surface area contributed by atoms with Crippen LogP contribution in [-0.2, 0) is 9.59 Å². The standard InChI is InChI=1S/C21H23FN2O3S/c22-17-4-2-1-3-15(17)11-18-20(26)24(21(27)28-18)8-7-23-19(25)12-16-10-13-5-6-14(16)9-13/h1-4,11,13-14,16H,5-10,12H2,(H,23,25)/b18-11-/t13-,14-,16+/m0/s1. The summed E-state index contributed by atoms with van der Waals surface area (Å²) in [5.41, 5.74) is 0.271. The van der Waals surface area contributed by atoms with E-state index in [-0.39, 0.29) is 29.5 Å². The molecule has 148 valence electrons. The molecule has 3 fully saturated rings. The van der Waals surface area contributed by atoms with Crippen molar-refractivity contribution in [3.8, 4) is 0 Å². The Morgan fingerprint density at radius 3 is 2.79 bits per heavy atom. The molecule has 4 rings (SSSR count). The van der Waals surface area contributed by atoms with Gasteiger partial charge in [-0.15, -0.1) is 0 Å². The van der Waals surface area contributed by atoms with E-state index in [4.69, 9.17) is 0 Å². The number of hydrogen-bond donors (Lipinski definition) is 1. The lowest BCUT2D eigenvalue weighted by molar-refractivity contribution is -0.124. The maximum atomic E-state index is 13.8. The van der Waals surface area contributed by atoms with Crippen LogP contribution in [0.4, 0.5) is 9.18 Å². The monoisotopic (exact) mass is 402 g/mol. The first-order valence-corrected chi connectivity index (χ1v) is 10.6. The van der Waals surface area contributed by atoms with Crippen LogP contribution in [0.2, 0.25) is 0 Å². The molecule has 1 N–H and O–H groups in total. The molecule has 5 nitrogen and oxygen atoms in total. The molecule has 3 atom stereocenters. The highest BCUT2D eigenvalue weighted by Gasteiger charge is 2.40. The summed E-state index contributed by atoms with van der Waals surface area (Å²) in [5.74, 6) is 1.09. The molecule has 1 heterocycles. The highest BCUT2D eigenvalue weighted by atomic mass is 32.2. The summed E-state index contributed by atoms with van der Waals surface area (Å²) in [6.45, 7) is 0.367. The van der Waals surface area contributed by atoms with Crippen LogP contribution in [0.15, 0.2) is 29.2 Å². The predicted octanol–water partition coefficient (Wildman–Crippen LogP) is 3.80. The molecule has 2 aliphatic carbocycles. The molecular formula is C21H23FN2O3S. The number of thioether (sulfide) groups is 1. The van der Waals surface area contributed by atoms with Gasteiger partial charge in [0.1, 0.15) is 5.82 Å². The number of nitrogens with one attached hydrogen (secondary N) is 1. The van der Waals surface area contributed by atoms with Crippen LogP contribution < -0.4 is 5.32 Å². The van der Waals surface area contributed by atoms with Crippen molar-refractivity contribution >= 4 is 34.9 Å². The van der Waals surface area contributed by atoms with E-state index in [0.29, 0.717) is 18.3 Å². The van der Waals surface area contributed by atoms with E-state index in [9.17, 15) is 18.8 Å².